The summed E-state index contributed by atoms with van der Waals surface area (Å²) in [5, 5.41) is 4.31. The van der Waals surface area contributed by atoms with Crippen molar-refractivity contribution in [3.05, 3.63) is 65.9 Å². The third kappa shape index (κ3) is 5.14. The number of hydrogen-bond donors (Lipinski definition) is 3. The van der Waals surface area contributed by atoms with Crippen LogP contribution in [0.3, 0.4) is 0 Å². The highest BCUT2D eigenvalue weighted by Gasteiger charge is 2.13. The molecule has 1 amide bonds. The monoisotopic (exact) mass is 379 g/mol. The second kappa shape index (κ2) is 9.42. The molecule has 3 aromatic rings. The maximum atomic E-state index is 12.4. The summed E-state index contributed by atoms with van der Waals surface area (Å²) >= 11 is 0. The van der Waals surface area contributed by atoms with Crippen LogP contribution in [0.25, 0.3) is 10.9 Å². The topological polar surface area (TPSA) is 52.6 Å². The van der Waals surface area contributed by atoms with Crippen LogP contribution in [0, 0.1) is 0 Å². The fourth-order valence-corrected chi connectivity index (χ4v) is 3.48. The van der Waals surface area contributed by atoms with E-state index in [2.05, 4.69) is 58.5 Å². The Labute approximate surface area is 167 Å². The summed E-state index contributed by atoms with van der Waals surface area (Å²) in [6.45, 7) is 5.07. The van der Waals surface area contributed by atoms with Gasteiger partial charge in [-0.3, -0.25) is 4.79 Å². The molecule has 0 saturated heterocycles. The van der Waals surface area contributed by atoms with Crippen molar-refractivity contribution in [3.63, 3.8) is 0 Å². The minimum atomic E-state index is 0.113. The zero-order valence-corrected chi connectivity index (χ0v) is 17.1. The van der Waals surface area contributed by atoms with Crippen LogP contribution in [0.5, 0.6) is 0 Å². The summed E-state index contributed by atoms with van der Waals surface area (Å²) in [6.07, 6.45) is 2.88. The van der Waals surface area contributed by atoms with Crippen LogP contribution in [-0.2, 0) is 17.8 Å². The van der Waals surface area contributed by atoms with Crippen molar-refractivity contribution in [2.75, 3.05) is 38.6 Å². The molecule has 0 radical (unpaired) electrons. The lowest BCUT2D eigenvalue weighted by molar-refractivity contribution is -0.904. The molecule has 1 aromatic heterocycles. The second-order valence-corrected chi connectivity index (χ2v) is 7.48. The van der Waals surface area contributed by atoms with E-state index in [0.717, 1.165) is 25.0 Å². The third-order valence-corrected chi connectivity index (χ3v) is 5.21. The zero-order chi connectivity index (χ0) is 19.9. The highest BCUT2D eigenvalue weighted by molar-refractivity contribution is 5.83. The van der Waals surface area contributed by atoms with Crippen LogP contribution in [0.15, 0.2) is 54.7 Å². The summed E-state index contributed by atoms with van der Waals surface area (Å²) in [6, 6.07) is 16.8. The van der Waals surface area contributed by atoms with Gasteiger partial charge in [-0.15, -0.1) is 0 Å². The molecular weight excluding hydrogens is 348 g/mol. The first-order valence-electron chi connectivity index (χ1n) is 9.98. The summed E-state index contributed by atoms with van der Waals surface area (Å²) in [5.41, 5.74) is 4.84. The number of benzene rings is 2. The Morgan fingerprint density at radius 1 is 1.11 bits per heavy atom. The van der Waals surface area contributed by atoms with E-state index < -0.39 is 0 Å². The largest absolute Gasteiger partial charge is 0.378 e. The van der Waals surface area contributed by atoms with Crippen molar-refractivity contribution in [1.82, 2.24) is 10.3 Å². The Hall–Kier alpha value is -2.79. The van der Waals surface area contributed by atoms with Crippen LogP contribution >= 0.6 is 0 Å². The van der Waals surface area contributed by atoms with Crippen molar-refractivity contribution >= 4 is 22.5 Å². The lowest BCUT2D eigenvalue weighted by Gasteiger charge is -2.18. The van der Waals surface area contributed by atoms with E-state index in [1.807, 2.05) is 32.4 Å². The molecule has 0 bridgehead atoms. The first-order valence-corrected chi connectivity index (χ1v) is 9.98. The van der Waals surface area contributed by atoms with Crippen LogP contribution in [0.1, 0.15) is 18.1 Å². The molecule has 0 spiro atoms. The van der Waals surface area contributed by atoms with E-state index in [9.17, 15) is 4.79 Å². The number of carbonyl (C=O) groups excluding carboxylic acids is 1. The van der Waals surface area contributed by atoms with Crippen LogP contribution in [0.2, 0.25) is 0 Å². The average Bonchev–Trinajstić information content (AvgIpc) is 3.11. The van der Waals surface area contributed by atoms with Gasteiger partial charge in [0.2, 0.25) is 0 Å². The first kappa shape index (κ1) is 20.0. The number of nitrogens with one attached hydrogen (secondary N) is 3. The van der Waals surface area contributed by atoms with Gasteiger partial charge in [0.25, 0.3) is 5.91 Å². The van der Waals surface area contributed by atoms with Gasteiger partial charge in [0.15, 0.2) is 6.54 Å². The number of fused-ring (bicyclic) bond motifs is 1. The van der Waals surface area contributed by atoms with E-state index in [-0.39, 0.29) is 5.91 Å². The standard InChI is InChI=1S/C23H30N4O/c1-4-27(16-18-9-11-20(12-10-18)26(2)3)17-23(28)24-14-13-19-15-25-22-8-6-5-7-21(19)22/h5-12,15,25H,4,13-14,16-17H2,1-3H3,(H,24,28)/p+1. The Bertz CT molecular complexity index is 898. The highest BCUT2D eigenvalue weighted by Crippen LogP contribution is 2.17. The summed E-state index contributed by atoms with van der Waals surface area (Å²) in [7, 11) is 4.08. The van der Waals surface area contributed by atoms with Gasteiger partial charge in [-0.2, -0.15) is 0 Å². The van der Waals surface area contributed by atoms with Crippen molar-refractivity contribution in [2.24, 2.45) is 0 Å². The molecule has 0 aliphatic carbocycles. The van der Waals surface area contributed by atoms with Crippen LogP contribution < -0.4 is 15.1 Å². The predicted molar refractivity (Wildman–Crippen MR) is 116 cm³/mol. The number of H-pyrrole nitrogens is 1. The molecule has 2 aromatic carbocycles. The third-order valence-electron chi connectivity index (χ3n) is 5.21. The number of aromatic amines is 1. The summed E-state index contributed by atoms with van der Waals surface area (Å²) < 4.78 is 0. The van der Waals surface area contributed by atoms with Gasteiger partial charge in [0.1, 0.15) is 6.54 Å². The van der Waals surface area contributed by atoms with E-state index in [4.69, 9.17) is 0 Å². The van der Waals surface area contributed by atoms with Gasteiger partial charge in [-0.25, -0.2) is 0 Å². The molecule has 3 N–H and O–H groups in total. The Balaban J connectivity index is 1.47. The van der Waals surface area contributed by atoms with Crippen LogP contribution in [-0.4, -0.2) is 44.6 Å². The average molecular weight is 380 g/mol. The summed E-state index contributed by atoms with van der Waals surface area (Å²) in [4.78, 5) is 19.0. The van der Waals surface area contributed by atoms with Crippen LogP contribution in [0.4, 0.5) is 5.69 Å². The van der Waals surface area contributed by atoms with Gasteiger partial charge in [0.05, 0.1) is 6.54 Å². The van der Waals surface area contributed by atoms with Gasteiger partial charge < -0.3 is 20.1 Å². The molecule has 0 aliphatic heterocycles. The number of anilines is 1. The van der Waals surface area contributed by atoms with Gasteiger partial charge >= 0.3 is 0 Å². The smallest absolute Gasteiger partial charge is 0.275 e. The number of quaternary nitrogens is 1. The fraction of sp³-hybridized carbons (Fsp3) is 0.348. The van der Waals surface area contributed by atoms with E-state index in [1.165, 1.54) is 27.1 Å². The second-order valence-electron chi connectivity index (χ2n) is 7.48. The SMILES string of the molecule is CC[NH+](CC(=O)NCCc1c[nH]c2ccccc12)Cc1ccc(N(C)C)cc1. The first-order chi connectivity index (χ1) is 13.6. The number of hydrogen-bond acceptors (Lipinski definition) is 2. The van der Waals surface area contributed by atoms with Crippen molar-refractivity contribution in [2.45, 2.75) is 19.9 Å². The van der Waals surface area contributed by atoms with Crippen molar-refractivity contribution in [1.29, 1.82) is 0 Å². The van der Waals surface area contributed by atoms with Gasteiger partial charge in [-0.1, -0.05) is 30.3 Å². The molecule has 1 unspecified atom stereocenters. The number of carbonyl (C=O) groups is 1. The predicted octanol–water partition coefficient (Wildman–Crippen LogP) is 2.00. The quantitative estimate of drug-likeness (QED) is 0.533. The van der Waals surface area contributed by atoms with Crippen molar-refractivity contribution < 1.29 is 9.69 Å². The maximum absolute atomic E-state index is 12.4. The molecule has 148 valence electrons. The van der Waals surface area contributed by atoms with Crippen molar-refractivity contribution in [3.8, 4) is 0 Å². The van der Waals surface area contributed by atoms with E-state index in [0.29, 0.717) is 13.1 Å². The molecule has 5 nitrogen and oxygen atoms in total. The minimum Gasteiger partial charge on any atom is -0.378 e. The maximum Gasteiger partial charge on any atom is 0.275 e. The highest BCUT2D eigenvalue weighted by atomic mass is 16.2. The Morgan fingerprint density at radius 3 is 2.57 bits per heavy atom. The fourth-order valence-electron chi connectivity index (χ4n) is 3.48. The van der Waals surface area contributed by atoms with Gasteiger partial charge in [0, 0.05) is 49.0 Å². The van der Waals surface area contributed by atoms with E-state index >= 15 is 0 Å². The number of amides is 1. The molecule has 3 rings (SSSR count). The number of likely N-dealkylation sites (N-methyl/N-ethyl adjacent to an activating group) is 1. The number of rotatable bonds is 9. The summed E-state index contributed by atoms with van der Waals surface area (Å²) in [5.74, 6) is 0.113. The zero-order valence-electron chi connectivity index (χ0n) is 17.1. The molecule has 1 heterocycles. The molecule has 0 fully saturated rings. The number of aromatic nitrogens is 1. The molecule has 0 saturated carbocycles. The Morgan fingerprint density at radius 2 is 1.86 bits per heavy atom. The molecule has 0 aliphatic rings. The molecule has 5 heteroatoms. The molecule has 1 atom stereocenters. The number of nitrogens with zero attached hydrogens (tertiary/aromatic N) is 1. The van der Waals surface area contributed by atoms with E-state index in [1.54, 1.807) is 0 Å². The molecule has 28 heavy (non-hydrogen) atoms. The molecular formula is C23H31N4O+. The van der Waals surface area contributed by atoms with Gasteiger partial charge in [-0.05, 0) is 37.1 Å². The minimum absolute atomic E-state index is 0.113. The lowest BCUT2D eigenvalue weighted by Crippen LogP contribution is -3.11. The Kier molecular flexibility index (Phi) is 6.71. The number of para-hydroxylation sites is 1. The normalized spacial score (nSPS) is 12.1. The lowest BCUT2D eigenvalue weighted by atomic mass is 10.1.